The minimum Gasteiger partial charge on any atom is -0.365 e. The number of rotatable bonds is 9. The van der Waals surface area contributed by atoms with Gasteiger partial charge in [0.1, 0.15) is 0 Å². The molecule has 8 aromatic carbocycles. The highest BCUT2D eigenvalue weighted by molar-refractivity contribution is 7.19. The second-order valence-electron chi connectivity index (χ2n) is 18.8. The molecule has 2 saturated heterocycles. The van der Waals surface area contributed by atoms with Crippen LogP contribution in [0.4, 0.5) is 5.69 Å². The number of fused-ring (bicyclic) bond motifs is 3. The Hall–Kier alpha value is -7.41. The van der Waals surface area contributed by atoms with E-state index >= 15 is 0 Å². The third kappa shape index (κ3) is 6.45. The van der Waals surface area contributed by atoms with Crippen molar-refractivity contribution in [1.82, 2.24) is 19.5 Å². The van der Waals surface area contributed by atoms with Gasteiger partial charge in [-0.25, -0.2) is 4.98 Å². The van der Waals surface area contributed by atoms with E-state index in [1.807, 2.05) is 0 Å². The summed E-state index contributed by atoms with van der Waals surface area (Å²) in [5.41, 5.74) is 7.71. The smallest absolute Gasteiger partial charge is 0.238 e. The number of aromatic nitrogens is 4. The van der Waals surface area contributed by atoms with Gasteiger partial charge in [0.2, 0.25) is 5.95 Å². The summed E-state index contributed by atoms with van der Waals surface area (Å²) < 4.78 is 2.31. The third-order valence-corrected chi connectivity index (χ3v) is 19.8. The molecule has 2 aromatic heterocycles. The molecule has 318 valence electrons. The molecule has 4 heterocycles. The van der Waals surface area contributed by atoms with Crippen LogP contribution in [0.3, 0.4) is 0 Å². The van der Waals surface area contributed by atoms with Gasteiger partial charge in [-0.05, 0) is 100 Å². The fourth-order valence-electron chi connectivity index (χ4n) is 12.4. The quantitative estimate of drug-likeness (QED) is 0.107. The number of para-hydroxylation sites is 1. The topological polar surface area (TPSA) is 46.8 Å². The maximum absolute atomic E-state index is 5.55. The molecule has 0 atom stereocenters. The first kappa shape index (κ1) is 39.0. The lowest BCUT2D eigenvalue weighted by molar-refractivity contribution is 0.0900. The van der Waals surface area contributed by atoms with Crippen molar-refractivity contribution in [2.75, 3.05) is 4.90 Å². The predicted octanol–water partition coefficient (Wildman–Crippen LogP) is 11.1. The number of benzene rings is 8. The molecule has 0 unspecified atom stereocenters. The average molecular weight is 868 g/mol. The molecule has 0 radical (unpaired) electrons. The van der Waals surface area contributed by atoms with Crippen molar-refractivity contribution < 1.29 is 0 Å². The van der Waals surface area contributed by atoms with Crippen molar-refractivity contribution in [3.8, 4) is 39.9 Å². The first-order valence-corrected chi connectivity index (χ1v) is 25.7. The predicted molar refractivity (Wildman–Crippen MR) is 274 cm³/mol. The highest BCUT2D eigenvalue weighted by Gasteiger charge is 2.47. The Kier molecular flexibility index (Phi) is 9.41. The van der Waals surface area contributed by atoms with E-state index in [9.17, 15) is 0 Å². The van der Waals surface area contributed by atoms with Crippen molar-refractivity contribution in [2.24, 2.45) is 11.8 Å². The molecule has 14 rings (SSSR count). The number of hydrogen-bond acceptors (Lipinski definition) is 4. The van der Waals surface area contributed by atoms with Crippen molar-refractivity contribution in [3.63, 3.8) is 0 Å². The van der Waals surface area contributed by atoms with Crippen LogP contribution >= 0.6 is 0 Å². The highest BCUT2D eigenvalue weighted by Crippen LogP contribution is 2.51. The van der Waals surface area contributed by atoms with E-state index in [0.29, 0.717) is 29.7 Å². The summed E-state index contributed by atoms with van der Waals surface area (Å²) in [5.74, 6) is 3.68. The summed E-state index contributed by atoms with van der Waals surface area (Å²) in [6.45, 7) is 0. The number of piperidine rings is 2. The van der Waals surface area contributed by atoms with Gasteiger partial charge >= 0.3 is 0 Å². The molecule has 2 saturated carbocycles. The van der Waals surface area contributed by atoms with Gasteiger partial charge in [-0.3, -0.25) is 4.57 Å². The Balaban J connectivity index is 1.04. The molecular weight excluding hydrogens is 819 g/mol. The first-order valence-electron chi connectivity index (χ1n) is 23.7. The van der Waals surface area contributed by atoms with Gasteiger partial charge in [-0.15, -0.1) is 0 Å². The van der Waals surface area contributed by atoms with E-state index < -0.39 is 8.07 Å². The van der Waals surface area contributed by atoms with E-state index in [2.05, 4.69) is 222 Å². The molecular formula is C60H49N5Si. The zero-order valence-electron chi connectivity index (χ0n) is 36.8. The zero-order chi connectivity index (χ0) is 43.6. The third-order valence-electron chi connectivity index (χ3n) is 15.1. The second kappa shape index (κ2) is 15.9. The molecule has 2 aliphatic carbocycles. The van der Waals surface area contributed by atoms with E-state index in [-0.39, 0.29) is 0 Å². The molecule has 4 fully saturated rings. The largest absolute Gasteiger partial charge is 0.365 e. The molecule has 0 amide bonds. The van der Waals surface area contributed by atoms with Gasteiger partial charge < -0.3 is 4.90 Å². The minimum atomic E-state index is -2.84. The summed E-state index contributed by atoms with van der Waals surface area (Å²) in [6, 6.07) is 78.7. The van der Waals surface area contributed by atoms with Crippen LogP contribution in [0.1, 0.15) is 32.1 Å². The number of hydrogen-bond donors (Lipinski definition) is 0. The molecule has 6 heteroatoms. The molecule has 2 aliphatic heterocycles. The van der Waals surface area contributed by atoms with Gasteiger partial charge in [0.05, 0.1) is 11.0 Å². The van der Waals surface area contributed by atoms with Crippen molar-refractivity contribution in [1.29, 1.82) is 0 Å². The van der Waals surface area contributed by atoms with Crippen LogP contribution in [0.5, 0.6) is 0 Å². The van der Waals surface area contributed by atoms with Crippen molar-refractivity contribution in [3.05, 3.63) is 212 Å². The van der Waals surface area contributed by atoms with Crippen LogP contribution in [-0.2, 0) is 0 Å². The summed E-state index contributed by atoms with van der Waals surface area (Å²) in [5, 5.41) is 7.64. The maximum atomic E-state index is 5.55. The van der Waals surface area contributed by atoms with Crippen molar-refractivity contribution >= 4 is 56.3 Å². The Morgan fingerprint density at radius 3 is 1.47 bits per heavy atom. The van der Waals surface area contributed by atoms with Crippen LogP contribution in [0.2, 0.25) is 0 Å². The standard InChI is InChI=1S/C60H49N5Si/c1-5-17-43(18-6-1)44-19-15-20-45(38-44)58-61-59(46-21-16-28-53(39-46)66(50-22-7-2-8-23-50,51-24-9-3-10-25-51)52-26-11-4-12-27-52)63-60(62-58)65-56-30-14-13-29-54(56)55-32-31-47(40-57(55)65)64-48-34-41-33-42(36-48)37-49(64)35-41/h1-32,38-42,48-49H,33-37H2. The van der Waals surface area contributed by atoms with E-state index in [1.165, 1.54) is 69.3 Å². The lowest BCUT2D eigenvalue weighted by Gasteiger charge is -2.57. The summed E-state index contributed by atoms with van der Waals surface area (Å²) in [6.07, 6.45) is 6.70. The van der Waals surface area contributed by atoms with E-state index in [0.717, 1.165) is 45.1 Å². The minimum absolute atomic E-state index is 0.617. The Morgan fingerprint density at radius 1 is 0.364 bits per heavy atom. The fraction of sp³-hybridized carbons (Fsp3) is 0.150. The highest BCUT2D eigenvalue weighted by atomic mass is 28.3. The van der Waals surface area contributed by atoms with Gasteiger partial charge in [-0.2, -0.15) is 9.97 Å². The second-order valence-corrected chi connectivity index (χ2v) is 22.6. The van der Waals surface area contributed by atoms with Crippen LogP contribution in [0.25, 0.3) is 61.7 Å². The fourth-order valence-corrected chi connectivity index (χ4v) is 17.2. The SMILES string of the molecule is c1ccc(-c2cccc(-c3nc(-c4cccc([Si](c5ccccc5)(c5ccccc5)c5ccccc5)c4)nc(-n4c5ccccc5c5ccc(N6C7CC8CC(C7)CC6C8)cc54)n3)c2)cc1. The molecule has 66 heavy (non-hydrogen) atoms. The Labute approximate surface area is 387 Å². The lowest BCUT2D eigenvalue weighted by Crippen LogP contribution is -2.74. The molecule has 4 bridgehead atoms. The molecule has 0 N–H and O–H groups in total. The number of anilines is 1. The van der Waals surface area contributed by atoms with Gasteiger partial charge in [0.15, 0.2) is 19.7 Å². The summed E-state index contributed by atoms with van der Waals surface area (Å²) in [7, 11) is -2.84. The van der Waals surface area contributed by atoms with Crippen LogP contribution in [0, 0.1) is 11.8 Å². The van der Waals surface area contributed by atoms with Crippen LogP contribution < -0.4 is 25.6 Å². The molecule has 4 aliphatic rings. The Bertz CT molecular complexity index is 3260. The summed E-state index contributed by atoms with van der Waals surface area (Å²) >= 11 is 0. The normalized spacial score (nSPS) is 18.9. The zero-order valence-corrected chi connectivity index (χ0v) is 37.8. The molecule has 0 spiro atoms. The number of nitrogens with zero attached hydrogens (tertiary/aromatic N) is 5. The average Bonchev–Trinajstić information content (AvgIpc) is 3.71. The molecule has 5 nitrogen and oxygen atoms in total. The first-order chi connectivity index (χ1) is 32.7. The van der Waals surface area contributed by atoms with Crippen molar-refractivity contribution in [2.45, 2.75) is 44.2 Å². The lowest BCUT2D eigenvalue weighted by atomic mass is 9.63. The van der Waals surface area contributed by atoms with Gasteiger partial charge in [0.25, 0.3) is 0 Å². The monoisotopic (exact) mass is 867 g/mol. The summed E-state index contributed by atoms with van der Waals surface area (Å²) in [4.78, 5) is 19.2. The van der Waals surface area contributed by atoms with E-state index in [1.54, 1.807) is 0 Å². The van der Waals surface area contributed by atoms with Gasteiger partial charge in [-0.1, -0.05) is 188 Å². The Morgan fingerprint density at radius 2 is 0.848 bits per heavy atom. The maximum Gasteiger partial charge on any atom is 0.238 e. The van der Waals surface area contributed by atoms with Gasteiger partial charge in [0, 0.05) is 39.7 Å². The van der Waals surface area contributed by atoms with Crippen LogP contribution in [-0.4, -0.2) is 39.7 Å². The van der Waals surface area contributed by atoms with E-state index in [4.69, 9.17) is 15.0 Å². The van der Waals surface area contributed by atoms with Crippen LogP contribution in [0.15, 0.2) is 212 Å². The molecule has 10 aromatic rings.